The van der Waals surface area contributed by atoms with Crippen molar-refractivity contribution in [3.05, 3.63) is 0 Å². The molecule has 92 valence electrons. The van der Waals surface area contributed by atoms with Gasteiger partial charge in [0.1, 0.15) is 0 Å². The lowest BCUT2D eigenvalue weighted by Gasteiger charge is -2.09. The quantitative estimate of drug-likeness (QED) is 0.543. The van der Waals surface area contributed by atoms with Crippen LogP contribution in [0.15, 0.2) is 0 Å². The summed E-state index contributed by atoms with van der Waals surface area (Å²) in [6.07, 6.45) is 0. The van der Waals surface area contributed by atoms with Crippen LogP contribution in [0, 0.1) is 11.8 Å². The highest BCUT2D eigenvalue weighted by Gasteiger charge is 1.94. The fourth-order valence-corrected chi connectivity index (χ4v) is 1.17. The fraction of sp³-hybridized carbons (Fsp3) is 1.00. The Bertz CT molecular complexity index is 113. The van der Waals surface area contributed by atoms with Gasteiger partial charge in [0, 0.05) is 13.1 Å². The zero-order valence-electron chi connectivity index (χ0n) is 10.8. The van der Waals surface area contributed by atoms with Crippen LogP contribution in [0.2, 0.25) is 0 Å². The van der Waals surface area contributed by atoms with Gasteiger partial charge in [-0.05, 0) is 24.9 Å². The molecular formula is C12H28N2O. The second kappa shape index (κ2) is 10.4. The molecule has 0 aromatic carbocycles. The van der Waals surface area contributed by atoms with E-state index in [0.29, 0.717) is 0 Å². The first-order chi connectivity index (χ1) is 7.13. The minimum atomic E-state index is 0.720. The molecule has 0 saturated carbocycles. The van der Waals surface area contributed by atoms with E-state index in [-0.39, 0.29) is 0 Å². The minimum absolute atomic E-state index is 0.720. The number of rotatable bonds is 10. The van der Waals surface area contributed by atoms with E-state index in [0.717, 1.165) is 51.2 Å². The molecule has 0 rings (SSSR count). The highest BCUT2D eigenvalue weighted by molar-refractivity contribution is 4.52. The molecule has 0 aliphatic rings. The van der Waals surface area contributed by atoms with Gasteiger partial charge in [-0.1, -0.05) is 27.7 Å². The lowest BCUT2D eigenvalue weighted by atomic mass is 10.2. The summed E-state index contributed by atoms with van der Waals surface area (Å²) in [4.78, 5) is 0. The lowest BCUT2D eigenvalue weighted by molar-refractivity contribution is 0.136. The third kappa shape index (κ3) is 13.9. The van der Waals surface area contributed by atoms with Crippen molar-refractivity contribution in [2.75, 3.05) is 39.4 Å². The Morgan fingerprint density at radius 2 is 1.20 bits per heavy atom. The average Bonchev–Trinajstić information content (AvgIpc) is 2.14. The summed E-state index contributed by atoms with van der Waals surface area (Å²) in [5.41, 5.74) is 0. The summed E-state index contributed by atoms with van der Waals surface area (Å²) in [5, 5.41) is 6.70. The van der Waals surface area contributed by atoms with Crippen molar-refractivity contribution in [2.45, 2.75) is 27.7 Å². The number of hydrogen-bond donors (Lipinski definition) is 2. The van der Waals surface area contributed by atoms with Crippen LogP contribution in [-0.4, -0.2) is 39.4 Å². The molecule has 0 unspecified atom stereocenters. The third-order valence-corrected chi connectivity index (χ3v) is 1.95. The van der Waals surface area contributed by atoms with E-state index in [1.54, 1.807) is 0 Å². The molecule has 0 aromatic rings. The molecule has 3 heteroatoms. The van der Waals surface area contributed by atoms with Gasteiger partial charge in [0.15, 0.2) is 0 Å². The van der Waals surface area contributed by atoms with Gasteiger partial charge in [-0.15, -0.1) is 0 Å². The van der Waals surface area contributed by atoms with Crippen LogP contribution in [0.5, 0.6) is 0 Å². The summed E-state index contributed by atoms with van der Waals surface area (Å²) in [6.45, 7) is 14.6. The monoisotopic (exact) mass is 216 g/mol. The van der Waals surface area contributed by atoms with E-state index in [1.807, 2.05) is 0 Å². The maximum Gasteiger partial charge on any atom is 0.0591 e. The van der Waals surface area contributed by atoms with E-state index in [1.165, 1.54) is 0 Å². The van der Waals surface area contributed by atoms with Gasteiger partial charge in [0.25, 0.3) is 0 Å². The minimum Gasteiger partial charge on any atom is -0.379 e. The number of nitrogens with one attached hydrogen (secondary N) is 2. The zero-order valence-corrected chi connectivity index (χ0v) is 10.8. The van der Waals surface area contributed by atoms with Crippen molar-refractivity contribution in [2.24, 2.45) is 11.8 Å². The Labute approximate surface area is 95.0 Å². The van der Waals surface area contributed by atoms with Crippen LogP contribution in [0.3, 0.4) is 0 Å². The molecule has 15 heavy (non-hydrogen) atoms. The Morgan fingerprint density at radius 3 is 1.53 bits per heavy atom. The Hall–Kier alpha value is -0.120. The maximum absolute atomic E-state index is 5.47. The molecule has 0 saturated heterocycles. The summed E-state index contributed by atoms with van der Waals surface area (Å²) in [5.74, 6) is 1.44. The van der Waals surface area contributed by atoms with Crippen molar-refractivity contribution in [1.29, 1.82) is 0 Å². The smallest absolute Gasteiger partial charge is 0.0591 e. The van der Waals surface area contributed by atoms with Gasteiger partial charge in [0.05, 0.1) is 13.2 Å². The van der Waals surface area contributed by atoms with Gasteiger partial charge in [-0.3, -0.25) is 0 Å². The van der Waals surface area contributed by atoms with Gasteiger partial charge < -0.3 is 15.4 Å². The van der Waals surface area contributed by atoms with Crippen molar-refractivity contribution in [3.8, 4) is 0 Å². The van der Waals surface area contributed by atoms with Crippen LogP contribution < -0.4 is 10.6 Å². The molecule has 0 aromatic heterocycles. The van der Waals surface area contributed by atoms with Gasteiger partial charge in [-0.25, -0.2) is 0 Å². The number of hydrogen-bond acceptors (Lipinski definition) is 3. The highest BCUT2D eigenvalue weighted by atomic mass is 16.5. The lowest BCUT2D eigenvalue weighted by Crippen LogP contribution is -2.27. The SMILES string of the molecule is CC(C)CNCCOCCNCC(C)C. The van der Waals surface area contributed by atoms with E-state index >= 15 is 0 Å². The van der Waals surface area contributed by atoms with E-state index in [4.69, 9.17) is 4.74 Å². The molecule has 0 fully saturated rings. The summed E-state index contributed by atoms with van der Waals surface area (Å²) < 4.78 is 5.47. The van der Waals surface area contributed by atoms with Crippen molar-refractivity contribution in [1.82, 2.24) is 10.6 Å². The predicted octanol–water partition coefficient (Wildman–Crippen LogP) is 1.49. The maximum atomic E-state index is 5.47. The van der Waals surface area contributed by atoms with Crippen LogP contribution >= 0.6 is 0 Å². The molecule has 0 aliphatic heterocycles. The molecule has 0 amide bonds. The van der Waals surface area contributed by atoms with Crippen LogP contribution in [0.25, 0.3) is 0 Å². The first-order valence-electron chi connectivity index (χ1n) is 6.12. The van der Waals surface area contributed by atoms with Gasteiger partial charge in [0.2, 0.25) is 0 Å². The average molecular weight is 216 g/mol. The van der Waals surface area contributed by atoms with Crippen LogP contribution in [0.1, 0.15) is 27.7 Å². The Balaban J connectivity index is 2.93. The van der Waals surface area contributed by atoms with Crippen LogP contribution in [0.4, 0.5) is 0 Å². The third-order valence-electron chi connectivity index (χ3n) is 1.95. The second-order valence-electron chi connectivity index (χ2n) is 4.81. The first kappa shape index (κ1) is 14.9. The molecule has 0 radical (unpaired) electrons. The van der Waals surface area contributed by atoms with Gasteiger partial charge in [-0.2, -0.15) is 0 Å². The molecular weight excluding hydrogens is 188 g/mol. The largest absolute Gasteiger partial charge is 0.379 e. The zero-order chi connectivity index (χ0) is 11.5. The summed E-state index contributed by atoms with van der Waals surface area (Å²) >= 11 is 0. The van der Waals surface area contributed by atoms with Crippen LogP contribution in [-0.2, 0) is 4.74 Å². The van der Waals surface area contributed by atoms with Crippen molar-refractivity contribution < 1.29 is 4.74 Å². The molecule has 2 N–H and O–H groups in total. The molecule has 0 aliphatic carbocycles. The van der Waals surface area contributed by atoms with Crippen molar-refractivity contribution >= 4 is 0 Å². The van der Waals surface area contributed by atoms with Crippen molar-refractivity contribution in [3.63, 3.8) is 0 Å². The van der Waals surface area contributed by atoms with E-state index < -0.39 is 0 Å². The molecule has 0 bridgehead atoms. The fourth-order valence-electron chi connectivity index (χ4n) is 1.17. The number of ether oxygens (including phenoxy) is 1. The molecule has 0 atom stereocenters. The summed E-state index contributed by atoms with van der Waals surface area (Å²) in [6, 6.07) is 0. The normalized spacial score (nSPS) is 11.6. The Kier molecular flexibility index (Phi) is 10.3. The second-order valence-corrected chi connectivity index (χ2v) is 4.81. The van der Waals surface area contributed by atoms with E-state index in [9.17, 15) is 0 Å². The topological polar surface area (TPSA) is 33.3 Å². The molecule has 0 spiro atoms. The molecule has 0 heterocycles. The van der Waals surface area contributed by atoms with E-state index in [2.05, 4.69) is 38.3 Å². The predicted molar refractivity (Wildman–Crippen MR) is 66.2 cm³/mol. The van der Waals surface area contributed by atoms with Gasteiger partial charge >= 0.3 is 0 Å². The highest BCUT2D eigenvalue weighted by Crippen LogP contribution is 1.87. The molecule has 3 nitrogen and oxygen atoms in total. The first-order valence-corrected chi connectivity index (χ1v) is 6.12. The standard InChI is InChI=1S/C12H28N2O/c1-11(2)9-13-5-7-15-8-6-14-10-12(3)4/h11-14H,5-10H2,1-4H3. The summed E-state index contributed by atoms with van der Waals surface area (Å²) in [7, 11) is 0. The Morgan fingerprint density at radius 1 is 0.800 bits per heavy atom.